The Bertz CT molecular complexity index is 870. The van der Waals surface area contributed by atoms with Crippen LogP contribution in [0.25, 0.3) is 5.65 Å². The smallest absolute Gasteiger partial charge is 0.183 e. The lowest BCUT2D eigenvalue weighted by molar-refractivity contribution is 0.574. The predicted octanol–water partition coefficient (Wildman–Crippen LogP) is 6.01. The average Bonchev–Trinajstić information content (AvgIpc) is 2.85. The molecule has 0 amide bonds. The summed E-state index contributed by atoms with van der Waals surface area (Å²) in [6.07, 6.45) is 1.82. The molecule has 3 rings (SSSR count). The van der Waals surface area contributed by atoms with E-state index in [2.05, 4.69) is 31.0 Å². The Morgan fingerprint density at radius 2 is 1.70 bits per heavy atom. The van der Waals surface area contributed by atoms with Gasteiger partial charge in [-0.3, -0.25) is 4.40 Å². The molecule has 0 aliphatic rings. The molecule has 0 aliphatic carbocycles. The second kappa shape index (κ2) is 5.78. The lowest BCUT2D eigenvalue weighted by atomic mass is 9.92. The summed E-state index contributed by atoms with van der Waals surface area (Å²) in [6.45, 7) is 8.38. The van der Waals surface area contributed by atoms with Crippen LogP contribution in [0.5, 0.6) is 0 Å². The van der Waals surface area contributed by atoms with E-state index in [0.717, 1.165) is 22.8 Å². The molecule has 0 bridgehead atoms. The molecule has 0 atom stereocenters. The average molecular weight is 327 g/mol. The first kappa shape index (κ1) is 15.7. The zero-order valence-corrected chi connectivity index (χ0v) is 14.5. The number of halogens is 1. The third kappa shape index (κ3) is 3.27. The van der Waals surface area contributed by atoms with Gasteiger partial charge in [0.05, 0.1) is 16.4 Å². The molecule has 0 aliphatic heterocycles. The lowest BCUT2D eigenvalue weighted by Crippen LogP contribution is -2.11. The number of fused-ring (bicyclic) bond motifs is 1. The zero-order valence-electron chi connectivity index (χ0n) is 13.7. The van der Waals surface area contributed by atoms with E-state index in [-0.39, 0.29) is 5.41 Å². The van der Waals surface area contributed by atoms with Crippen molar-refractivity contribution in [2.75, 3.05) is 0 Å². The highest BCUT2D eigenvalue weighted by Crippen LogP contribution is 2.33. The maximum absolute atomic E-state index is 6.13. The van der Waals surface area contributed by atoms with Gasteiger partial charge >= 0.3 is 0 Å². The molecule has 0 fully saturated rings. The molecular weight excluding hydrogens is 308 g/mol. The second-order valence-electron chi connectivity index (χ2n) is 6.65. The molecule has 118 valence electrons. The van der Waals surface area contributed by atoms with E-state index < -0.39 is 0 Å². The monoisotopic (exact) mass is 326 g/mol. The summed E-state index contributed by atoms with van der Waals surface area (Å²) in [5.41, 5.74) is 3.58. The molecule has 2 aromatic heterocycles. The molecule has 5 heteroatoms. The van der Waals surface area contributed by atoms with E-state index in [1.54, 1.807) is 0 Å². The van der Waals surface area contributed by atoms with Gasteiger partial charge in [0.2, 0.25) is 0 Å². The number of nitrogens with zero attached hydrogens (tertiary/aromatic N) is 4. The fraction of sp³-hybridized carbons (Fsp3) is 0.278. The van der Waals surface area contributed by atoms with Crippen molar-refractivity contribution in [1.82, 2.24) is 9.38 Å². The zero-order chi connectivity index (χ0) is 16.6. The maximum atomic E-state index is 6.13. The van der Waals surface area contributed by atoms with E-state index in [9.17, 15) is 0 Å². The van der Waals surface area contributed by atoms with Crippen molar-refractivity contribution in [1.29, 1.82) is 0 Å². The Morgan fingerprint density at radius 1 is 1.00 bits per heavy atom. The third-order valence-corrected chi connectivity index (χ3v) is 3.79. The minimum Gasteiger partial charge on any atom is -0.281 e. The fourth-order valence-electron chi connectivity index (χ4n) is 2.32. The summed E-state index contributed by atoms with van der Waals surface area (Å²) < 4.78 is 1.89. The van der Waals surface area contributed by atoms with Crippen LogP contribution in [0.4, 0.5) is 11.5 Å². The quantitative estimate of drug-likeness (QED) is 0.532. The lowest BCUT2D eigenvalue weighted by Gasteiger charge is -2.15. The van der Waals surface area contributed by atoms with Crippen molar-refractivity contribution in [2.45, 2.75) is 33.1 Å². The van der Waals surface area contributed by atoms with Crippen LogP contribution < -0.4 is 0 Å². The SMILES string of the molecule is Cc1ccc(N=Nc2c(C(C)(C)C)nc3ccc(Cl)cn23)cc1. The predicted molar refractivity (Wildman–Crippen MR) is 94.3 cm³/mol. The maximum Gasteiger partial charge on any atom is 0.183 e. The molecule has 3 aromatic rings. The highest BCUT2D eigenvalue weighted by atomic mass is 35.5. The normalized spacial score (nSPS) is 12.4. The molecular formula is C18H19ClN4. The number of pyridine rings is 1. The van der Waals surface area contributed by atoms with Gasteiger partial charge in [0.15, 0.2) is 5.82 Å². The highest BCUT2D eigenvalue weighted by molar-refractivity contribution is 6.30. The molecule has 0 spiro atoms. The van der Waals surface area contributed by atoms with E-state index in [1.165, 1.54) is 5.56 Å². The Morgan fingerprint density at radius 3 is 2.35 bits per heavy atom. The molecule has 2 heterocycles. The molecule has 4 nitrogen and oxygen atoms in total. The summed E-state index contributed by atoms with van der Waals surface area (Å²) in [5, 5.41) is 9.47. The number of azo groups is 1. The number of benzene rings is 1. The standard InChI is InChI=1S/C18H19ClN4/c1-12-5-8-14(9-6-12)21-22-17-16(18(2,3)4)20-15-10-7-13(19)11-23(15)17/h5-11H,1-4H3. The Labute approximate surface area is 140 Å². The number of rotatable bonds is 2. The molecule has 0 unspecified atom stereocenters. The van der Waals surface area contributed by atoms with Crippen molar-refractivity contribution >= 4 is 28.8 Å². The van der Waals surface area contributed by atoms with E-state index in [1.807, 2.05) is 53.9 Å². The van der Waals surface area contributed by atoms with Crippen LogP contribution in [0.3, 0.4) is 0 Å². The van der Waals surface area contributed by atoms with E-state index in [0.29, 0.717) is 5.02 Å². The molecule has 23 heavy (non-hydrogen) atoms. The van der Waals surface area contributed by atoms with Gasteiger partial charge in [-0.05, 0) is 31.2 Å². The minimum absolute atomic E-state index is 0.139. The topological polar surface area (TPSA) is 42.0 Å². The number of aryl methyl sites for hydroxylation is 1. The summed E-state index contributed by atoms with van der Waals surface area (Å²) in [6, 6.07) is 11.7. The number of imidazole rings is 1. The van der Waals surface area contributed by atoms with Gasteiger partial charge in [0.25, 0.3) is 0 Å². The Hall–Kier alpha value is -2.20. The molecule has 0 radical (unpaired) electrons. The molecule has 0 saturated carbocycles. The first-order valence-electron chi connectivity index (χ1n) is 7.51. The van der Waals surface area contributed by atoms with Crippen molar-refractivity contribution in [2.24, 2.45) is 10.2 Å². The summed E-state index contributed by atoms with van der Waals surface area (Å²) in [4.78, 5) is 4.70. The van der Waals surface area contributed by atoms with Gasteiger partial charge in [0.1, 0.15) is 5.65 Å². The van der Waals surface area contributed by atoms with Crippen LogP contribution in [0.15, 0.2) is 52.8 Å². The van der Waals surface area contributed by atoms with Crippen LogP contribution in [-0.2, 0) is 5.41 Å². The van der Waals surface area contributed by atoms with E-state index in [4.69, 9.17) is 16.6 Å². The van der Waals surface area contributed by atoms with Gasteiger partial charge < -0.3 is 0 Å². The Balaban J connectivity index is 2.14. The fourth-order valence-corrected chi connectivity index (χ4v) is 2.48. The largest absolute Gasteiger partial charge is 0.281 e. The molecule has 0 N–H and O–H groups in total. The van der Waals surface area contributed by atoms with Gasteiger partial charge in [-0.2, -0.15) is 0 Å². The number of hydrogen-bond acceptors (Lipinski definition) is 3. The van der Waals surface area contributed by atoms with Crippen molar-refractivity contribution < 1.29 is 0 Å². The van der Waals surface area contributed by atoms with Gasteiger partial charge in [0, 0.05) is 11.6 Å². The second-order valence-corrected chi connectivity index (χ2v) is 7.08. The van der Waals surface area contributed by atoms with Gasteiger partial charge in [-0.25, -0.2) is 4.98 Å². The number of hydrogen-bond donors (Lipinski definition) is 0. The first-order chi connectivity index (χ1) is 10.8. The van der Waals surface area contributed by atoms with E-state index >= 15 is 0 Å². The van der Waals surface area contributed by atoms with Crippen LogP contribution in [0.1, 0.15) is 32.0 Å². The van der Waals surface area contributed by atoms with Crippen molar-refractivity contribution in [3.05, 3.63) is 58.9 Å². The summed E-state index contributed by atoms with van der Waals surface area (Å²) in [7, 11) is 0. The highest BCUT2D eigenvalue weighted by Gasteiger charge is 2.24. The number of aromatic nitrogens is 2. The van der Waals surface area contributed by atoms with Gasteiger partial charge in [-0.1, -0.05) is 50.1 Å². The summed E-state index contributed by atoms with van der Waals surface area (Å²) >= 11 is 6.13. The van der Waals surface area contributed by atoms with Crippen LogP contribution >= 0.6 is 11.6 Å². The molecule has 1 aromatic carbocycles. The van der Waals surface area contributed by atoms with Crippen LogP contribution in [0.2, 0.25) is 5.02 Å². The molecule has 0 saturated heterocycles. The summed E-state index contributed by atoms with van der Waals surface area (Å²) in [5.74, 6) is 0.718. The van der Waals surface area contributed by atoms with Crippen LogP contribution in [0, 0.1) is 6.92 Å². The van der Waals surface area contributed by atoms with Crippen molar-refractivity contribution in [3.8, 4) is 0 Å². The minimum atomic E-state index is -0.139. The Kier molecular flexibility index (Phi) is 3.94. The first-order valence-corrected chi connectivity index (χ1v) is 7.89. The van der Waals surface area contributed by atoms with Crippen LogP contribution in [-0.4, -0.2) is 9.38 Å². The van der Waals surface area contributed by atoms with Crippen molar-refractivity contribution in [3.63, 3.8) is 0 Å². The van der Waals surface area contributed by atoms with Gasteiger partial charge in [-0.15, -0.1) is 10.2 Å². The third-order valence-electron chi connectivity index (χ3n) is 3.56.